The number of aromatic nitrogens is 2. The molecule has 16 heavy (non-hydrogen) atoms. The predicted molar refractivity (Wildman–Crippen MR) is 62.4 cm³/mol. The van der Waals surface area contributed by atoms with Gasteiger partial charge < -0.3 is 5.11 Å². The van der Waals surface area contributed by atoms with Crippen molar-refractivity contribution in [2.75, 3.05) is 0 Å². The van der Waals surface area contributed by atoms with Crippen LogP contribution in [0.4, 0.5) is 0 Å². The molecule has 0 amide bonds. The van der Waals surface area contributed by atoms with E-state index >= 15 is 0 Å². The Labute approximate surface area is 104 Å². The van der Waals surface area contributed by atoms with Crippen LogP contribution in [0, 0.1) is 0 Å². The van der Waals surface area contributed by atoms with Gasteiger partial charge in [-0.15, -0.1) is 11.3 Å². The van der Waals surface area contributed by atoms with E-state index in [4.69, 9.17) is 16.7 Å². The molecule has 82 valence electrons. The largest absolute Gasteiger partial charge is 0.477 e. The van der Waals surface area contributed by atoms with Gasteiger partial charge in [0.1, 0.15) is 10.8 Å². The first-order chi connectivity index (χ1) is 7.65. The zero-order chi connectivity index (χ0) is 11.5. The number of halogens is 1. The molecule has 0 aromatic carbocycles. The average molecular weight is 273 g/mol. The molecule has 2 heterocycles. The van der Waals surface area contributed by atoms with Crippen LogP contribution in [0.1, 0.15) is 10.5 Å². The Bertz CT molecular complexity index is 530. The van der Waals surface area contributed by atoms with E-state index in [9.17, 15) is 4.79 Å². The first-order valence-corrected chi connectivity index (χ1v) is 6.21. The van der Waals surface area contributed by atoms with E-state index in [0.29, 0.717) is 5.15 Å². The highest BCUT2D eigenvalue weighted by Crippen LogP contribution is 2.31. The molecule has 0 aliphatic rings. The number of carbonyl (C=O) groups is 1. The van der Waals surface area contributed by atoms with Gasteiger partial charge in [-0.1, -0.05) is 23.4 Å². The third-order valence-corrected chi connectivity index (χ3v) is 3.86. The highest BCUT2D eigenvalue weighted by Gasteiger charge is 2.07. The van der Waals surface area contributed by atoms with Crippen molar-refractivity contribution in [3.63, 3.8) is 0 Å². The molecule has 0 aliphatic heterocycles. The predicted octanol–water partition coefficient (Wildman–Crippen LogP) is 3.04. The molecule has 2 rings (SSSR count). The second-order valence-electron chi connectivity index (χ2n) is 2.72. The lowest BCUT2D eigenvalue weighted by Crippen LogP contribution is -1.99. The van der Waals surface area contributed by atoms with Gasteiger partial charge in [-0.3, -0.25) is 0 Å². The lowest BCUT2D eigenvalue weighted by atomic mass is 10.4. The normalized spacial score (nSPS) is 10.3. The number of nitrogens with zero attached hydrogens (tertiary/aromatic N) is 2. The molecule has 0 atom stereocenters. The van der Waals surface area contributed by atoms with Crippen molar-refractivity contribution >= 4 is 40.7 Å². The standard InChI is InChI=1S/C9H5ClN2O2S2/c10-7-4-15-9(12-7)16-5-1-2-11-6(3-5)8(13)14/h1-4H,(H,13,14). The summed E-state index contributed by atoms with van der Waals surface area (Å²) in [7, 11) is 0. The zero-order valence-electron chi connectivity index (χ0n) is 7.75. The summed E-state index contributed by atoms with van der Waals surface area (Å²) >= 11 is 8.46. The molecule has 2 aromatic rings. The van der Waals surface area contributed by atoms with E-state index in [1.807, 2.05) is 0 Å². The van der Waals surface area contributed by atoms with Crippen LogP contribution in [0.3, 0.4) is 0 Å². The Morgan fingerprint density at radius 2 is 2.38 bits per heavy atom. The molecule has 0 aliphatic carbocycles. The van der Waals surface area contributed by atoms with Gasteiger partial charge in [0.15, 0.2) is 4.34 Å². The maximum atomic E-state index is 10.7. The van der Waals surface area contributed by atoms with Gasteiger partial charge in [-0.25, -0.2) is 14.8 Å². The van der Waals surface area contributed by atoms with Gasteiger partial charge in [0.2, 0.25) is 0 Å². The molecule has 7 heteroatoms. The summed E-state index contributed by atoms with van der Waals surface area (Å²) < 4.78 is 0.771. The Morgan fingerprint density at radius 1 is 1.56 bits per heavy atom. The summed E-state index contributed by atoms with van der Waals surface area (Å²) in [6.45, 7) is 0. The Hall–Kier alpha value is -1.11. The summed E-state index contributed by atoms with van der Waals surface area (Å²) in [5.41, 5.74) is 0.0210. The van der Waals surface area contributed by atoms with Gasteiger partial charge >= 0.3 is 5.97 Å². The molecular formula is C9H5ClN2O2S2. The molecule has 0 bridgehead atoms. The van der Waals surface area contributed by atoms with Crippen LogP contribution in [-0.2, 0) is 0 Å². The maximum absolute atomic E-state index is 10.7. The fraction of sp³-hybridized carbons (Fsp3) is 0. The topological polar surface area (TPSA) is 63.1 Å². The highest BCUT2D eigenvalue weighted by molar-refractivity contribution is 8.01. The Balaban J connectivity index is 2.21. The number of aromatic carboxylic acids is 1. The summed E-state index contributed by atoms with van der Waals surface area (Å²) in [6, 6.07) is 3.23. The summed E-state index contributed by atoms with van der Waals surface area (Å²) in [5, 5.41) is 10.9. The Kier molecular flexibility index (Phi) is 3.42. The number of rotatable bonds is 3. The number of thiazole rings is 1. The van der Waals surface area contributed by atoms with E-state index in [1.54, 1.807) is 11.4 Å². The van der Waals surface area contributed by atoms with Gasteiger partial charge in [-0.2, -0.15) is 0 Å². The van der Waals surface area contributed by atoms with Crippen LogP contribution >= 0.6 is 34.7 Å². The molecule has 0 fully saturated rings. The summed E-state index contributed by atoms with van der Waals surface area (Å²) in [4.78, 5) is 19.3. The van der Waals surface area contributed by atoms with Crippen molar-refractivity contribution in [2.45, 2.75) is 9.24 Å². The van der Waals surface area contributed by atoms with Crippen LogP contribution in [0.15, 0.2) is 32.9 Å². The smallest absolute Gasteiger partial charge is 0.354 e. The van der Waals surface area contributed by atoms with Crippen LogP contribution < -0.4 is 0 Å². The van der Waals surface area contributed by atoms with Crippen molar-refractivity contribution in [2.24, 2.45) is 0 Å². The fourth-order valence-corrected chi connectivity index (χ4v) is 2.97. The quantitative estimate of drug-likeness (QED) is 0.930. The minimum atomic E-state index is -1.04. The van der Waals surface area contributed by atoms with Gasteiger partial charge in [0, 0.05) is 16.5 Å². The van der Waals surface area contributed by atoms with E-state index in [1.165, 1.54) is 35.4 Å². The lowest BCUT2D eigenvalue weighted by Gasteiger charge is -1.98. The van der Waals surface area contributed by atoms with E-state index in [2.05, 4.69) is 9.97 Å². The minimum Gasteiger partial charge on any atom is -0.477 e. The molecular weight excluding hydrogens is 268 g/mol. The highest BCUT2D eigenvalue weighted by atomic mass is 35.5. The first-order valence-electron chi connectivity index (χ1n) is 4.13. The van der Waals surface area contributed by atoms with Crippen molar-refractivity contribution in [3.05, 3.63) is 34.6 Å². The zero-order valence-corrected chi connectivity index (χ0v) is 10.1. The fourth-order valence-electron chi connectivity index (χ4n) is 0.978. The SMILES string of the molecule is O=C(O)c1cc(Sc2nc(Cl)cs2)ccn1. The van der Waals surface area contributed by atoms with Crippen LogP contribution in [0.2, 0.25) is 5.15 Å². The molecule has 0 spiro atoms. The molecule has 4 nitrogen and oxygen atoms in total. The van der Waals surface area contributed by atoms with E-state index in [-0.39, 0.29) is 5.69 Å². The van der Waals surface area contributed by atoms with Crippen molar-refractivity contribution in [1.29, 1.82) is 0 Å². The minimum absolute atomic E-state index is 0.0210. The van der Waals surface area contributed by atoms with Crippen molar-refractivity contribution < 1.29 is 9.90 Å². The molecule has 0 saturated carbocycles. The lowest BCUT2D eigenvalue weighted by molar-refractivity contribution is 0.0690. The molecule has 0 saturated heterocycles. The summed E-state index contributed by atoms with van der Waals surface area (Å²) in [6.07, 6.45) is 1.46. The van der Waals surface area contributed by atoms with Crippen LogP contribution in [0.25, 0.3) is 0 Å². The number of hydrogen-bond acceptors (Lipinski definition) is 5. The monoisotopic (exact) mass is 272 g/mol. The number of carboxylic acids is 1. The Morgan fingerprint density at radius 3 is 3.00 bits per heavy atom. The van der Waals surface area contributed by atoms with Crippen molar-refractivity contribution in [3.8, 4) is 0 Å². The molecule has 1 N–H and O–H groups in total. The molecule has 0 radical (unpaired) electrons. The van der Waals surface area contributed by atoms with Crippen LogP contribution in [0.5, 0.6) is 0 Å². The third-order valence-electron chi connectivity index (χ3n) is 1.61. The van der Waals surface area contributed by atoms with Gasteiger partial charge in [0.25, 0.3) is 0 Å². The number of carboxylic acid groups (broad SMARTS) is 1. The first kappa shape index (κ1) is 11.4. The summed E-state index contributed by atoms with van der Waals surface area (Å²) in [5.74, 6) is -1.04. The second kappa shape index (κ2) is 4.82. The van der Waals surface area contributed by atoms with Crippen LogP contribution in [-0.4, -0.2) is 21.0 Å². The van der Waals surface area contributed by atoms with E-state index < -0.39 is 5.97 Å². The van der Waals surface area contributed by atoms with Crippen molar-refractivity contribution in [1.82, 2.24) is 9.97 Å². The third kappa shape index (κ3) is 2.72. The number of pyridine rings is 1. The van der Waals surface area contributed by atoms with Gasteiger partial charge in [-0.05, 0) is 12.1 Å². The maximum Gasteiger partial charge on any atom is 0.354 e. The average Bonchev–Trinajstić information content (AvgIpc) is 2.64. The number of hydrogen-bond donors (Lipinski definition) is 1. The molecule has 0 unspecified atom stereocenters. The second-order valence-corrected chi connectivity index (χ2v) is 5.29. The molecule has 2 aromatic heterocycles. The van der Waals surface area contributed by atoms with E-state index in [0.717, 1.165) is 9.24 Å². The van der Waals surface area contributed by atoms with Gasteiger partial charge in [0.05, 0.1) is 0 Å².